The van der Waals surface area contributed by atoms with E-state index in [0.29, 0.717) is 0 Å². The van der Waals surface area contributed by atoms with Crippen LogP contribution in [-0.2, 0) is 13.5 Å². The SMILES string of the molecule is CCCCCCCCCCNc1cn(C)nc1CC. The fraction of sp³-hybridized carbons (Fsp3) is 0.812. The fourth-order valence-electron chi connectivity index (χ4n) is 2.43. The van der Waals surface area contributed by atoms with Crippen molar-refractivity contribution in [2.75, 3.05) is 11.9 Å². The van der Waals surface area contributed by atoms with E-state index in [9.17, 15) is 0 Å². The molecule has 0 aromatic carbocycles. The van der Waals surface area contributed by atoms with E-state index in [4.69, 9.17) is 0 Å². The molecule has 0 amide bonds. The Morgan fingerprint density at radius 2 is 1.63 bits per heavy atom. The van der Waals surface area contributed by atoms with Gasteiger partial charge in [-0.3, -0.25) is 4.68 Å². The molecule has 1 aromatic heterocycles. The van der Waals surface area contributed by atoms with Gasteiger partial charge in [-0.2, -0.15) is 5.10 Å². The number of aryl methyl sites for hydroxylation is 2. The van der Waals surface area contributed by atoms with Crippen molar-refractivity contribution in [1.82, 2.24) is 9.78 Å². The Kier molecular flexibility index (Phi) is 8.35. The van der Waals surface area contributed by atoms with Gasteiger partial charge in [-0.15, -0.1) is 0 Å². The first kappa shape index (κ1) is 16.1. The minimum Gasteiger partial charge on any atom is -0.382 e. The fourth-order valence-corrected chi connectivity index (χ4v) is 2.43. The molecular weight excluding hydrogens is 234 g/mol. The van der Waals surface area contributed by atoms with Gasteiger partial charge < -0.3 is 5.32 Å². The zero-order valence-corrected chi connectivity index (χ0v) is 13.0. The monoisotopic (exact) mass is 265 g/mol. The van der Waals surface area contributed by atoms with Crippen LogP contribution in [0.15, 0.2) is 6.20 Å². The lowest BCUT2D eigenvalue weighted by Crippen LogP contribution is -2.02. The van der Waals surface area contributed by atoms with E-state index in [1.807, 2.05) is 11.7 Å². The van der Waals surface area contributed by atoms with Crippen LogP contribution in [0.1, 0.15) is 70.9 Å². The standard InChI is InChI=1S/C16H31N3/c1-4-6-7-8-9-10-11-12-13-17-16-14-19(3)18-15(16)5-2/h14,17H,4-13H2,1-3H3. The summed E-state index contributed by atoms with van der Waals surface area (Å²) >= 11 is 0. The smallest absolute Gasteiger partial charge is 0.0853 e. The summed E-state index contributed by atoms with van der Waals surface area (Å²) in [5.41, 5.74) is 2.40. The predicted molar refractivity (Wildman–Crippen MR) is 83.7 cm³/mol. The van der Waals surface area contributed by atoms with E-state index < -0.39 is 0 Å². The van der Waals surface area contributed by atoms with Crippen molar-refractivity contribution in [3.63, 3.8) is 0 Å². The summed E-state index contributed by atoms with van der Waals surface area (Å²) in [6.07, 6.45) is 14.1. The molecule has 0 bridgehead atoms. The Bertz CT molecular complexity index is 331. The van der Waals surface area contributed by atoms with Gasteiger partial charge in [-0.1, -0.05) is 58.8 Å². The van der Waals surface area contributed by atoms with E-state index in [1.165, 1.54) is 62.7 Å². The Hall–Kier alpha value is -0.990. The van der Waals surface area contributed by atoms with Gasteiger partial charge in [-0.25, -0.2) is 0 Å². The van der Waals surface area contributed by atoms with Gasteiger partial charge in [0.25, 0.3) is 0 Å². The molecule has 0 saturated carbocycles. The largest absolute Gasteiger partial charge is 0.382 e. The lowest BCUT2D eigenvalue weighted by atomic mass is 10.1. The second-order valence-electron chi connectivity index (χ2n) is 5.42. The average Bonchev–Trinajstić information content (AvgIpc) is 2.77. The van der Waals surface area contributed by atoms with Crippen molar-refractivity contribution in [2.24, 2.45) is 7.05 Å². The van der Waals surface area contributed by atoms with Crippen molar-refractivity contribution in [1.29, 1.82) is 0 Å². The molecule has 0 atom stereocenters. The molecule has 110 valence electrons. The summed E-state index contributed by atoms with van der Waals surface area (Å²) in [7, 11) is 1.99. The number of nitrogens with one attached hydrogen (secondary N) is 1. The summed E-state index contributed by atoms with van der Waals surface area (Å²) in [6, 6.07) is 0. The second kappa shape index (κ2) is 9.88. The Balaban J connectivity index is 2.01. The van der Waals surface area contributed by atoms with Crippen molar-refractivity contribution < 1.29 is 0 Å². The molecule has 1 rings (SSSR count). The Morgan fingerprint density at radius 1 is 1.00 bits per heavy atom. The second-order valence-corrected chi connectivity index (χ2v) is 5.42. The predicted octanol–water partition coefficient (Wildman–Crippen LogP) is 4.54. The zero-order valence-electron chi connectivity index (χ0n) is 13.0. The van der Waals surface area contributed by atoms with E-state index in [1.54, 1.807) is 0 Å². The molecule has 0 fully saturated rings. The molecular formula is C16H31N3. The molecule has 3 nitrogen and oxygen atoms in total. The third kappa shape index (κ3) is 6.65. The van der Waals surface area contributed by atoms with E-state index in [0.717, 1.165) is 13.0 Å². The van der Waals surface area contributed by atoms with Gasteiger partial charge in [0.15, 0.2) is 0 Å². The van der Waals surface area contributed by atoms with Crippen LogP contribution in [0.4, 0.5) is 5.69 Å². The number of hydrogen-bond donors (Lipinski definition) is 1. The topological polar surface area (TPSA) is 29.9 Å². The maximum atomic E-state index is 4.44. The summed E-state index contributed by atoms with van der Waals surface area (Å²) in [5.74, 6) is 0. The maximum Gasteiger partial charge on any atom is 0.0853 e. The quantitative estimate of drug-likeness (QED) is 0.595. The lowest BCUT2D eigenvalue weighted by Gasteiger charge is -2.05. The molecule has 1 N–H and O–H groups in total. The first-order valence-corrected chi connectivity index (χ1v) is 8.04. The Labute approximate surface area is 118 Å². The summed E-state index contributed by atoms with van der Waals surface area (Å²) in [6.45, 7) is 5.51. The highest BCUT2D eigenvalue weighted by molar-refractivity contribution is 5.46. The minimum atomic E-state index is 1.00. The maximum absolute atomic E-state index is 4.44. The van der Waals surface area contributed by atoms with Crippen molar-refractivity contribution in [3.8, 4) is 0 Å². The van der Waals surface area contributed by atoms with Crippen LogP contribution in [0.3, 0.4) is 0 Å². The zero-order chi connectivity index (χ0) is 13.9. The summed E-state index contributed by atoms with van der Waals surface area (Å²) < 4.78 is 1.90. The van der Waals surface area contributed by atoms with Crippen LogP contribution in [0.25, 0.3) is 0 Å². The van der Waals surface area contributed by atoms with Crippen molar-refractivity contribution >= 4 is 5.69 Å². The van der Waals surface area contributed by atoms with Crippen LogP contribution in [0.5, 0.6) is 0 Å². The lowest BCUT2D eigenvalue weighted by molar-refractivity contribution is 0.581. The highest BCUT2D eigenvalue weighted by Crippen LogP contribution is 2.14. The molecule has 0 aliphatic carbocycles. The average molecular weight is 265 g/mol. The molecule has 0 spiro atoms. The molecule has 0 aliphatic rings. The van der Waals surface area contributed by atoms with Crippen molar-refractivity contribution in [2.45, 2.75) is 71.6 Å². The Morgan fingerprint density at radius 3 is 2.26 bits per heavy atom. The molecule has 0 aliphatic heterocycles. The van der Waals surface area contributed by atoms with E-state index in [2.05, 4.69) is 30.5 Å². The third-order valence-corrected chi connectivity index (χ3v) is 3.59. The highest BCUT2D eigenvalue weighted by Gasteiger charge is 2.04. The van der Waals surface area contributed by atoms with Gasteiger partial charge in [0.1, 0.15) is 0 Å². The van der Waals surface area contributed by atoms with Crippen LogP contribution in [0, 0.1) is 0 Å². The number of unbranched alkanes of at least 4 members (excludes halogenated alkanes) is 7. The number of rotatable bonds is 11. The van der Waals surface area contributed by atoms with E-state index >= 15 is 0 Å². The normalized spacial score (nSPS) is 10.9. The minimum absolute atomic E-state index is 1.00. The van der Waals surface area contributed by atoms with Gasteiger partial charge in [-0.05, 0) is 12.8 Å². The molecule has 0 saturated heterocycles. The summed E-state index contributed by atoms with van der Waals surface area (Å²) in [4.78, 5) is 0. The van der Waals surface area contributed by atoms with Crippen LogP contribution in [-0.4, -0.2) is 16.3 Å². The molecule has 1 heterocycles. The van der Waals surface area contributed by atoms with Crippen LogP contribution in [0.2, 0.25) is 0 Å². The van der Waals surface area contributed by atoms with E-state index in [-0.39, 0.29) is 0 Å². The molecule has 0 radical (unpaired) electrons. The first-order chi connectivity index (χ1) is 9.27. The van der Waals surface area contributed by atoms with Gasteiger partial charge in [0.05, 0.1) is 11.4 Å². The van der Waals surface area contributed by atoms with Crippen molar-refractivity contribution in [3.05, 3.63) is 11.9 Å². The highest BCUT2D eigenvalue weighted by atomic mass is 15.3. The molecule has 19 heavy (non-hydrogen) atoms. The molecule has 3 heteroatoms. The summed E-state index contributed by atoms with van der Waals surface area (Å²) in [5, 5.41) is 7.95. The van der Waals surface area contributed by atoms with Gasteiger partial charge in [0.2, 0.25) is 0 Å². The number of aromatic nitrogens is 2. The number of hydrogen-bond acceptors (Lipinski definition) is 2. The number of nitrogens with zero attached hydrogens (tertiary/aromatic N) is 2. The first-order valence-electron chi connectivity index (χ1n) is 8.04. The van der Waals surface area contributed by atoms with Crippen LogP contribution < -0.4 is 5.32 Å². The molecule has 0 unspecified atom stereocenters. The van der Waals surface area contributed by atoms with Gasteiger partial charge >= 0.3 is 0 Å². The third-order valence-electron chi connectivity index (χ3n) is 3.59. The number of anilines is 1. The van der Waals surface area contributed by atoms with Gasteiger partial charge in [0, 0.05) is 19.8 Å². The van der Waals surface area contributed by atoms with Crippen LogP contribution >= 0.6 is 0 Å². The molecule has 1 aromatic rings.